The number of nitrogens with zero attached hydrogens (tertiary/aromatic N) is 5. The number of halogens is 2. The number of carbonyl (C=O) groups excluding carboxylic acids is 1. The van der Waals surface area contributed by atoms with E-state index in [1.807, 2.05) is 31.2 Å². The molecule has 2 heterocycles. The van der Waals surface area contributed by atoms with Crippen LogP contribution < -0.4 is 0 Å². The number of aryl methyl sites for hydroxylation is 1. The van der Waals surface area contributed by atoms with Gasteiger partial charge in [-0.25, -0.2) is 13.1 Å². The summed E-state index contributed by atoms with van der Waals surface area (Å²) in [7, 11) is -1.88. The zero-order chi connectivity index (χ0) is 28.5. The Morgan fingerprint density at radius 3 is 2.31 bits per heavy atom. The second kappa shape index (κ2) is 11.5. The summed E-state index contributed by atoms with van der Waals surface area (Å²) in [5.41, 5.74) is 1.53. The monoisotopic (exact) mass is 593 g/mol. The van der Waals surface area contributed by atoms with Crippen LogP contribution in [-0.4, -0.2) is 62.1 Å². The highest BCUT2D eigenvalue weighted by atomic mass is 35.5. The molecule has 1 aliphatic rings. The Morgan fingerprint density at radius 2 is 1.74 bits per heavy atom. The zero-order valence-electron chi connectivity index (χ0n) is 22.6. The lowest BCUT2D eigenvalue weighted by Gasteiger charge is -2.48. The van der Waals surface area contributed by atoms with Crippen molar-refractivity contribution in [1.29, 1.82) is 0 Å². The van der Waals surface area contributed by atoms with Crippen LogP contribution in [0.4, 0.5) is 0 Å². The molecule has 0 spiro atoms. The van der Waals surface area contributed by atoms with Crippen LogP contribution in [0.15, 0.2) is 48.5 Å². The number of ether oxygens (including phenoxy) is 1. The standard InChI is InChI=1S/C27H33Cl2N5O4S/c1-6-21(16-39(36,37)27(2,3)4)34-24(17-10-12-19(28)13-11-17)25(18-8-7-9-20(29)14-18)38-22(26(34)35)15-23-30-31-32-33(23)5/h7-14,21-22,24-25H,6,15-16H2,1-5H3/t21?,22-,24-,25-/m1/s1. The van der Waals surface area contributed by atoms with Crippen molar-refractivity contribution >= 4 is 38.9 Å². The number of benzene rings is 2. The molecule has 39 heavy (non-hydrogen) atoms. The van der Waals surface area contributed by atoms with Crippen molar-refractivity contribution in [2.75, 3.05) is 5.75 Å². The van der Waals surface area contributed by atoms with Crippen LogP contribution in [0.3, 0.4) is 0 Å². The number of sulfone groups is 1. The fourth-order valence-electron chi connectivity index (χ4n) is 4.73. The lowest BCUT2D eigenvalue weighted by atomic mass is 9.89. The summed E-state index contributed by atoms with van der Waals surface area (Å²) in [4.78, 5) is 16.0. The highest BCUT2D eigenvalue weighted by molar-refractivity contribution is 7.92. The molecule has 0 N–H and O–H groups in total. The first-order valence-electron chi connectivity index (χ1n) is 12.7. The summed E-state index contributed by atoms with van der Waals surface area (Å²) in [5.74, 6) is -0.0470. The highest BCUT2D eigenvalue weighted by Crippen LogP contribution is 2.45. The van der Waals surface area contributed by atoms with Crippen molar-refractivity contribution < 1.29 is 17.9 Å². The summed E-state index contributed by atoms with van der Waals surface area (Å²) >= 11 is 12.6. The largest absolute Gasteiger partial charge is 0.357 e. The highest BCUT2D eigenvalue weighted by Gasteiger charge is 2.48. The molecule has 12 heteroatoms. The second-order valence-corrected chi connectivity index (χ2v) is 14.4. The van der Waals surface area contributed by atoms with Gasteiger partial charge in [-0.05, 0) is 73.0 Å². The first-order chi connectivity index (χ1) is 18.3. The van der Waals surface area contributed by atoms with E-state index in [1.165, 1.54) is 4.68 Å². The SMILES string of the molecule is CCC(CS(=O)(=O)C(C)(C)C)N1C(=O)[C@@H](Cc2nnnn2C)O[C@H](c2cccc(Cl)c2)[C@H]1c1ccc(Cl)cc1. The van der Waals surface area contributed by atoms with Crippen molar-refractivity contribution in [3.8, 4) is 0 Å². The van der Waals surface area contributed by atoms with E-state index in [9.17, 15) is 13.2 Å². The van der Waals surface area contributed by atoms with E-state index >= 15 is 0 Å². The molecule has 1 unspecified atom stereocenters. The molecule has 9 nitrogen and oxygen atoms in total. The molecule has 1 aromatic heterocycles. The van der Waals surface area contributed by atoms with Crippen LogP contribution in [0.2, 0.25) is 10.0 Å². The van der Waals surface area contributed by atoms with Crippen molar-refractivity contribution in [2.24, 2.45) is 7.05 Å². The number of amides is 1. The molecule has 1 fully saturated rings. The Hall–Kier alpha value is -2.53. The zero-order valence-corrected chi connectivity index (χ0v) is 24.9. The van der Waals surface area contributed by atoms with Crippen LogP contribution in [-0.2, 0) is 32.8 Å². The summed E-state index contributed by atoms with van der Waals surface area (Å²) in [5, 5.41) is 12.7. The Kier molecular flexibility index (Phi) is 8.70. The van der Waals surface area contributed by atoms with Gasteiger partial charge < -0.3 is 9.64 Å². The molecule has 0 saturated carbocycles. The van der Waals surface area contributed by atoms with Crippen LogP contribution >= 0.6 is 23.2 Å². The smallest absolute Gasteiger partial charge is 0.253 e. The Labute approximate surface area is 239 Å². The number of aromatic nitrogens is 4. The number of tetrazole rings is 1. The Balaban J connectivity index is 1.88. The molecular weight excluding hydrogens is 561 g/mol. The van der Waals surface area contributed by atoms with Gasteiger partial charge in [0.05, 0.1) is 16.5 Å². The molecule has 2 aromatic carbocycles. The van der Waals surface area contributed by atoms with E-state index in [-0.39, 0.29) is 18.1 Å². The van der Waals surface area contributed by atoms with Crippen molar-refractivity contribution in [1.82, 2.24) is 25.1 Å². The van der Waals surface area contributed by atoms with E-state index in [0.29, 0.717) is 22.3 Å². The third-order valence-corrected chi connectivity index (χ3v) is 10.3. The maximum Gasteiger partial charge on any atom is 0.253 e. The van der Waals surface area contributed by atoms with E-state index in [2.05, 4.69) is 15.5 Å². The molecule has 0 aliphatic carbocycles. The summed E-state index contributed by atoms with van der Waals surface area (Å²) in [6.07, 6.45) is -1.06. The molecule has 4 atom stereocenters. The molecular formula is C27H33Cl2N5O4S. The van der Waals surface area contributed by atoms with Gasteiger partial charge in [0.2, 0.25) is 0 Å². The molecule has 1 aliphatic heterocycles. The van der Waals surface area contributed by atoms with Crippen LogP contribution in [0.25, 0.3) is 0 Å². The molecule has 4 rings (SSSR count). The predicted molar refractivity (Wildman–Crippen MR) is 150 cm³/mol. The molecule has 0 bridgehead atoms. The third-order valence-electron chi connectivity index (χ3n) is 7.10. The van der Waals surface area contributed by atoms with Gasteiger partial charge in [0, 0.05) is 29.6 Å². The van der Waals surface area contributed by atoms with Gasteiger partial charge in [0.25, 0.3) is 5.91 Å². The lowest BCUT2D eigenvalue weighted by Crippen LogP contribution is -2.57. The average Bonchev–Trinajstić information content (AvgIpc) is 3.27. The Bertz CT molecular complexity index is 1420. The van der Waals surface area contributed by atoms with Crippen LogP contribution in [0.5, 0.6) is 0 Å². The maximum atomic E-state index is 14.3. The van der Waals surface area contributed by atoms with Gasteiger partial charge in [0.15, 0.2) is 15.7 Å². The van der Waals surface area contributed by atoms with Gasteiger partial charge in [-0.2, -0.15) is 0 Å². The number of carbonyl (C=O) groups is 1. The predicted octanol–water partition coefficient (Wildman–Crippen LogP) is 4.76. The van der Waals surface area contributed by atoms with Crippen LogP contribution in [0, 0.1) is 0 Å². The number of hydrogen-bond acceptors (Lipinski definition) is 7. The number of hydrogen-bond donors (Lipinski definition) is 0. The van der Waals surface area contributed by atoms with E-state index < -0.39 is 38.9 Å². The minimum absolute atomic E-state index is 0.117. The number of morpholine rings is 1. The number of rotatable bonds is 8. The molecule has 210 valence electrons. The Morgan fingerprint density at radius 1 is 1.05 bits per heavy atom. The molecule has 1 amide bonds. The van der Waals surface area contributed by atoms with Crippen molar-refractivity contribution in [3.05, 3.63) is 75.5 Å². The van der Waals surface area contributed by atoms with Gasteiger partial charge >= 0.3 is 0 Å². The molecule has 0 radical (unpaired) electrons. The van der Waals surface area contributed by atoms with Crippen molar-refractivity contribution in [2.45, 2.75) is 69.6 Å². The molecule has 1 saturated heterocycles. The van der Waals surface area contributed by atoms with Crippen molar-refractivity contribution in [3.63, 3.8) is 0 Å². The van der Waals surface area contributed by atoms with Gasteiger partial charge in [-0.1, -0.05) is 54.4 Å². The summed E-state index contributed by atoms with van der Waals surface area (Å²) < 4.78 is 33.9. The average molecular weight is 595 g/mol. The summed E-state index contributed by atoms with van der Waals surface area (Å²) in [6.45, 7) is 6.91. The minimum Gasteiger partial charge on any atom is -0.357 e. The fourth-order valence-corrected chi connectivity index (χ4v) is 6.45. The topological polar surface area (TPSA) is 107 Å². The van der Waals surface area contributed by atoms with E-state index in [4.69, 9.17) is 27.9 Å². The first-order valence-corrected chi connectivity index (χ1v) is 15.1. The summed E-state index contributed by atoms with van der Waals surface area (Å²) in [6, 6.07) is 13.2. The van der Waals surface area contributed by atoms with E-state index in [1.54, 1.807) is 57.0 Å². The van der Waals surface area contributed by atoms with E-state index in [0.717, 1.165) is 11.1 Å². The third kappa shape index (κ3) is 6.29. The molecule has 3 aromatic rings. The van der Waals surface area contributed by atoms with Gasteiger partial charge in [-0.3, -0.25) is 4.79 Å². The normalized spacial score (nSPS) is 21.3. The van der Waals surface area contributed by atoms with Gasteiger partial charge in [0.1, 0.15) is 12.2 Å². The van der Waals surface area contributed by atoms with Gasteiger partial charge in [-0.15, -0.1) is 5.10 Å². The minimum atomic E-state index is -3.57. The maximum absolute atomic E-state index is 14.3. The quantitative estimate of drug-likeness (QED) is 0.370. The second-order valence-electron chi connectivity index (χ2n) is 10.7. The fraction of sp³-hybridized carbons (Fsp3) is 0.481. The van der Waals surface area contributed by atoms with Crippen LogP contribution in [0.1, 0.15) is 63.2 Å². The first kappa shape index (κ1) is 29.5. The lowest BCUT2D eigenvalue weighted by molar-refractivity contribution is -0.178.